The number of anilines is 1. The predicted molar refractivity (Wildman–Crippen MR) is 146 cm³/mol. The maximum atomic E-state index is 13.3. The average Bonchev–Trinajstić information content (AvgIpc) is 2.91. The van der Waals surface area contributed by atoms with Gasteiger partial charge in [-0.05, 0) is 48.5 Å². The van der Waals surface area contributed by atoms with Crippen molar-refractivity contribution in [3.63, 3.8) is 0 Å². The number of ether oxygens (including phenoxy) is 1. The van der Waals surface area contributed by atoms with Crippen LogP contribution in [-0.4, -0.2) is 49.2 Å². The molecule has 1 amide bonds. The molecule has 0 fully saturated rings. The molecule has 0 spiro atoms. The Labute approximate surface area is 237 Å². The number of esters is 1. The van der Waals surface area contributed by atoms with Gasteiger partial charge in [-0.15, -0.1) is 0 Å². The number of amides is 1. The van der Waals surface area contributed by atoms with E-state index in [9.17, 15) is 22.8 Å². The van der Waals surface area contributed by atoms with Crippen molar-refractivity contribution >= 4 is 79.2 Å². The Morgan fingerprint density at radius 1 is 0.923 bits per heavy atom. The van der Waals surface area contributed by atoms with Crippen molar-refractivity contribution in [1.29, 1.82) is 0 Å². The number of nitrogens with one attached hydrogen (secondary N) is 2. The molecule has 200 valence electrons. The van der Waals surface area contributed by atoms with E-state index in [2.05, 4.69) is 20.0 Å². The summed E-state index contributed by atoms with van der Waals surface area (Å²) in [5.41, 5.74) is -0.0180. The number of nitrogens with zero attached hydrogens (tertiary/aromatic N) is 2. The number of fused-ring (bicyclic) bond motifs is 1. The summed E-state index contributed by atoms with van der Waals surface area (Å²) >= 11 is 18.0. The number of hydrogen-bond acceptors (Lipinski definition) is 8. The summed E-state index contributed by atoms with van der Waals surface area (Å²) in [5.74, 6) is -2.87. The minimum atomic E-state index is -4.31. The van der Waals surface area contributed by atoms with Gasteiger partial charge < -0.3 is 10.1 Å². The van der Waals surface area contributed by atoms with E-state index in [1.54, 1.807) is 6.07 Å². The van der Waals surface area contributed by atoms with E-state index in [1.807, 2.05) is 0 Å². The molecule has 39 heavy (non-hydrogen) atoms. The number of sulfonamides is 1. The molecule has 0 aliphatic heterocycles. The number of carbonyl (C=O) groups excluding carboxylic acids is 3. The van der Waals surface area contributed by atoms with Crippen LogP contribution in [0, 0.1) is 0 Å². The molecular weight excluding hydrogens is 591 g/mol. The largest absolute Gasteiger partial charge is 0.467 e. The first-order valence-corrected chi connectivity index (χ1v) is 13.5. The number of carbonyl (C=O) groups is 3. The van der Waals surface area contributed by atoms with Crippen molar-refractivity contribution in [2.75, 3.05) is 11.8 Å². The predicted octanol–water partition coefficient (Wildman–Crippen LogP) is 4.55. The van der Waals surface area contributed by atoms with Crippen LogP contribution in [0.1, 0.15) is 20.7 Å². The minimum Gasteiger partial charge on any atom is -0.467 e. The zero-order chi connectivity index (χ0) is 28.3. The third-order valence-corrected chi connectivity index (χ3v) is 7.77. The molecule has 1 heterocycles. The van der Waals surface area contributed by atoms with Gasteiger partial charge in [0, 0.05) is 23.0 Å². The van der Waals surface area contributed by atoms with Crippen LogP contribution in [0.2, 0.25) is 15.1 Å². The maximum absolute atomic E-state index is 13.3. The molecule has 10 nitrogen and oxygen atoms in total. The number of hydrogen-bond donors (Lipinski definition) is 2. The maximum Gasteiger partial charge on any atom is 0.336 e. The normalized spacial score (nSPS) is 12.0. The van der Waals surface area contributed by atoms with Gasteiger partial charge in [0.05, 0.1) is 33.9 Å². The van der Waals surface area contributed by atoms with Crippen molar-refractivity contribution in [3.8, 4) is 0 Å². The molecule has 4 aromatic rings. The van der Waals surface area contributed by atoms with Crippen LogP contribution in [-0.2, 0) is 19.6 Å². The number of Topliss-reactive ketones (excluding diaryl/α,β-unsaturated/α-hetero) is 1. The van der Waals surface area contributed by atoms with Gasteiger partial charge in [0.15, 0.2) is 11.8 Å². The molecule has 0 saturated carbocycles. The molecule has 14 heteroatoms. The second kappa shape index (κ2) is 11.5. The van der Waals surface area contributed by atoms with E-state index in [4.69, 9.17) is 39.5 Å². The first-order valence-electron chi connectivity index (χ1n) is 10.9. The summed E-state index contributed by atoms with van der Waals surface area (Å²) in [5, 5.41) is 2.64. The van der Waals surface area contributed by atoms with Crippen molar-refractivity contribution in [1.82, 2.24) is 15.3 Å². The lowest BCUT2D eigenvalue weighted by molar-refractivity contribution is -0.141. The van der Waals surface area contributed by atoms with Gasteiger partial charge in [-0.1, -0.05) is 40.9 Å². The van der Waals surface area contributed by atoms with Crippen molar-refractivity contribution in [3.05, 3.63) is 93.2 Å². The number of aromatic nitrogens is 2. The molecule has 3 aromatic carbocycles. The third kappa shape index (κ3) is 6.12. The van der Waals surface area contributed by atoms with Gasteiger partial charge in [0.25, 0.3) is 15.9 Å². The second-order valence-corrected chi connectivity index (χ2v) is 10.8. The van der Waals surface area contributed by atoms with Crippen LogP contribution in [0.15, 0.2) is 71.9 Å². The molecule has 0 radical (unpaired) electrons. The lowest BCUT2D eigenvalue weighted by Crippen LogP contribution is -2.47. The fraction of sp³-hybridized carbons (Fsp3) is 0.0800. The summed E-state index contributed by atoms with van der Waals surface area (Å²) in [4.78, 5) is 46.8. The molecule has 0 saturated heterocycles. The lowest BCUT2D eigenvalue weighted by atomic mass is 10.0. The number of benzene rings is 3. The van der Waals surface area contributed by atoms with E-state index in [0.717, 1.165) is 7.11 Å². The number of para-hydroxylation sites is 1. The average molecular weight is 608 g/mol. The van der Waals surface area contributed by atoms with Gasteiger partial charge in [0.1, 0.15) is 10.4 Å². The Hall–Kier alpha value is -3.77. The standard InChI is InChI=1S/C25H17Cl3N4O6S/c1-38-25(35)22(23(33)13-5-8-16(27)17(28)11-13)31-24(34)15-7-6-14(26)12-19(15)32-39(36,37)20-4-2-3-18-21(20)30-10-9-29-18/h2-12,22,32H,1H3,(H,31,34). The summed E-state index contributed by atoms with van der Waals surface area (Å²) in [6, 6.07) is 10.3. The van der Waals surface area contributed by atoms with Crippen LogP contribution in [0.4, 0.5) is 5.69 Å². The monoisotopic (exact) mass is 606 g/mol. The van der Waals surface area contributed by atoms with Crippen LogP contribution in [0.5, 0.6) is 0 Å². The van der Waals surface area contributed by atoms with E-state index >= 15 is 0 Å². The summed E-state index contributed by atoms with van der Waals surface area (Å²) in [6.07, 6.45) is 2.76. The Morgan fingerprint density at radius 3 is 2.38 bits per heavy atom. The fourth-order valence-electron chi connectivity index (χ4n) is 3.56. The fourth-order valence-corrected chi connectivity index (χ4v) is 5.26. The molecular formula is C25H17Cl3N4O6S. The van der Waals surface area contributed by atoms with Gasteiger partial charge in [-0.2, -0.15) is 0 Å². The summed E-state index contributed by atoms with van der Waals surface area (Å²) < 4.78 is 33.7. The molecule has 0 bridgehead atoms. The number of ketones is 1. The van der Waals surface area contributed by atoms with E-state index in [0.29, 0.717) is 5.52 Å². The Balaban J connectivity index is 1.68. The van der Waals surface area contributed by atoms with Crippen molar-refractivity contribution < 1.29 is 27.5 Å². The molecule has 1 atom stereocenters. The zero-order valence-corrected chi connectivity index (χ0v) is 22.9. The Bertz CT molecular complexity index is 1730. The first-order chi connectivity index (χ1) is 18.5. The van der Waals surface area contributed by atoms with Gasteiger partial charge in [-0.25, -0.2) is 13.2 Å². The Kier molecular flexibility index (Phi) is 8.36. The zero-order valence-electron chi connectivity index (χ0n) is 19.8. The highest BCUT2D eigenvalue weighted by Crippen LogP contribution is 2.27. The van der Waals surface area contributed by atoms with E-state index in [1.165, 1.54) is 60.9 Å². The van der Waals surface area contributed by atoms with Crippen molar-refractivity contribution in [2.24, 2.45) is 0 Å². The molecule has 2 N–H and O–H groups in total. The summed E-state index contributed by atoms with van der Waals surface area (Å²) in [6.45, 7) is 0. The van der Waals surface area contributed by atoms with Gasteiger partial charge in [0.2, 0.25) is 0 Å². The number of halogens is 3. The molecule has 1 aromatic heterocycles. The van der Waals surface area contributed by atoms with Gasteiger partial charge >= 0.3 is 5.97 Å². The lowest BCUT2D eigenvalue weighted by Gasteiger charge is -2.18. The minimum absolute atomic E-state index is 0.0193. The van der Waals surface area contributed by atoms with Crippen LogP contribution < -0.4 is 10.0 Å². The highest BCUT2D eigenvalue weighted by Gasteiger charge is 2.32. The topological polar surface area (TPSA) is 144 Å². The highest BCUT2D eigenvalue weighted by atomic mass is 35.5. The number of methoxy groups -OCH3 is 1. The van der Waals surface area contributed by atoms with E-state index < -0.39 is 33.7 Å². The highest BCUT2D eigenvalue weighted by molar-refractivity contribution is 7.93. The molecule has 0 aliphatic carbocycles. The number of rotatable bonds is 8. The van der Waals surface area contributed by atoms with Crippen LogP contribution in [0.3, 0.4) is 0 Å². The van der Waals surface area contributed by atoms with Crippen LogP contribution in [0.25, 0.3) is 11.0 Å². The SMILES string of the molecule is COC(=O)C(NC(=O)c1ccc(Cl)cc1NS(=O)(=O)c1cccc2nccnc12)C(=O)c1ccc(Cl)c(Cl)c1. The molecule has 4 rings (SSSR count). The third-order valence-electron chi connectivity index (χ3n) is 5.40. The smallest absolute Gasteiger partial charge is 0.336 e. The van der Waals surface area contributed by atoms with E-state index in [-0.39, 0.29) is 42.3 Å². The second-order valence-electron chi connectivity index (χ2n) is 7.90. The molecule has 0 aliphatic rings. The molecule has 1 unspecified atom stereocenters. The van der Waals surface area contributed by atoms with Crippen LogP contribution >= 0.6 is 34.8 Å². The first kappa shape index (κ1) is 28.2. The summed E-state index contributed by atoms with van der Waals surface area (Å²) in [7, 11) is -3.27. The quantitative estimate of drug-likeness (QED) is 0.169. The van der Waals surface area contributed by atoms with Crippen molar-refractivity contribution in [2.45, 2.75) is 10.9 Å². The Morgan fingerprint density at radius 2 is 1.67 bits per heavy atom. The van der Waals surface area contributed by atoms with Gasteiger partial charge in [-0.3, -0.25) is 24.3 Å².